The first-order valence-corrected chi connectivity index (χ1v) is 9.10. The molecule has 6 heteroatoms. The van der Waals surface area contributed by atoms with Crippen LogP contribution in [-0.2, 0) is 6.54 Å². The maximum Gasteiger partial charge on any atom is 0.407 e. The molecule has 2 aliphatic rings. The van der Waals surface area contributed by atoms with Gasteiger partial charge in [-0.2, -0.15) is 0 Å². The van der Waals surface area contributed by atoms with E-state index in [1.54, 1.807) is 12.0 Å². The van der Waals surface area contributed by atoms with Crippen molar-refractivity contribution in [3.05, 3.63) is 29.8 Å². The molecule has 0 aliphatic carbocycles. The molecule has 2 fully saturated rings. The summed E-state index contributed by atoms with van der Waals surface area (Å²) >= 11 is 2.39. The van der Waals surface area contributed by atoms with Crippen LogP contribution < -0.4 is 4.74 Å². The second-order valence-corrected chi connectivity index (χ2v) is 6.87. The van der Waals surface area contributed by atoms with Gasteiger partial charge in [0.15, 0.2) is 0 Å². The van der Waals surface area contributed by atoms with Crippen LogP contribution >= 0.6 is 22.6 Å². The molecule has 0 aromatic heterocycles. The predicted molar refractivity (Wildman–Crippen MR) is 92.8 cm³/mol. The van der Waals surface area contributed by atoms with Crippen LogP contribution in [0.2, 0.25) is 0 Å². The number of hydrogen-bond acceptors (Lipinski definition) is 3. The molecule has 1 amide bonds. The second kappa shape index (κ2) is 6.62. The lowest BCUT2D eigenvalue weighted by molar-refractivity contribution is 0.0268. The maximum absolute atomic E-state index is 11.5. The summed E-state index contributed by atoms with van der Waals surface area (Å²) in [6.07, 6.45) is 1.22. The summed E-state index contributed by atoms with van der Waals surface area (Å²) in [7, 11) is 1.67. The highest BCUT2D eigenvalue weighted by Crippen LogP contribution is 2.35. The van der Waals surface area contributed by atoms with Crippen molar-refractivity contribution in [2.75, 3.05) is 18.1 Å². The number of methoxy groups -OCH3 is 1. The number of hydrogen-bond donors (Lipinski definition) is 1. The van der Waals surface area contributed by atoms with Crippen LogP contribution in [0.3, 0.4) is 0 Å². The van der Waals surface area contributed by atoms with Crippen molar-refractivity contribution in [2.45, 2.75) is 37.5 Å². The van der Waals surface area contributed by atoms with Gasteiger partial charge in [-0.25, -0.2) is 4.79 Å². The van der Waals surface area contributed by atoms with Crippen molar-refractivity contribution in [1.82, 2.24) is 9.80 Å². The first-order valence-electron chi connectivity index (χ1n) is 7.58. The van der Waals surface area contributed by atoms with Gasteiger partial charge in [-0.1, -0.05) is 34.7 Å². The number of carboxylic acid groups (broad SMARTS) is 1. The van der Waals surface area contributed by atoms with Gasteiger partial charge in [0.1, 0.15) is 5.75 Å². The molecule has 0 unspecified atom stereocenters. The Kier molecular flexibility index (Phi) is 4.77. The first kappa shape index (κ1) is 15.9. The second-order valence-electron chi connectivity index (χ2n) is 5.99. The quantitative estimate of drug-likeness (QED) is 0.606. The minimum Gasteiger partial charge on any atom is -0.497 e. The van der Waals surface area contributed by atoms with Crippen molar-refractivity contribution in [3.8, 4) is 5.75 Å². The lowest BCUT2D eigenvalue weighted by atomic mass is 10.0. The molecule has 1 aromatic rings. The highest BCUT2D eigenvalue weighted by molar-refractivity contribution is 14.1. The third-order valence-corrected chi connectivity index (χ3v) is 5.73. The van der Waals surface area contributed by atoms with E-state index in [9.17, 15) is 9.90 Å². The van der Waals surface area contributed by atoms with Crippen molar-refractivity contribution >= 4 is 28.7 Å². The monoisotopic (exact) mass is 416 g/mol. The van der Waals surface area contributed by atoms with E-state index in [-0.39, 0.29) is 12.1 Å². The van der Waals surface area contributed by atoms with E-state index in [4.69, 9.17) is 4.74 Å². The van der Waals surface area contributed by atoms with Crippen LogP contribution in [0, 0.1) is 0 Å². The van der Waals surface area contributed by atoms with Crippen molar-refractivity contribution < 1.29 is 14.6 Å². The van der Waals surface area contributed by atoms with Crippen molar-refractivity contribution in [3.63, 3.8) is 0 Å². The van der Waals surface area contributed by atoms with Crippen LogP contribution in [0.15, 0.2) is 24.3 Å². The SMILES string of the molecule is COc1ccc(CN2C[C@H]3CC[C@@H]([C@H]2CI)N3C(=O)O)cc1. The maximum atomic E-state index is 11.5. The van der Waals surface area contributed by atoms with Gasteiger partial charge in [0, 0.05) is 29.6 Å². The van der Waals surface area contributed by atoms with Crippen LogP contribution in [0.25, 0.3) is 0 Å². The molecular weight excluding hydrogens is 395 g/mol. The summed E-state index contributed by atoms with van der Waals surface area (Å²) in [6, 6.07) is 8.75. The van der Waals surface area contributed by atoms with Crippen molar-refractivity contribution in [2.24, 2.45) is 0 Å². The third kappa shape index (κ3) is 2.90. The smallest absolute Gasteiger partial charge is 0.407 e. The molecule has 3 atom stereocenters. The number of fused-ring (bicyclic) bond motifs is 2. The van der Waals surface area contributed by atoms with E-state index >= 15 is 0 Å². The lowest BCUT2D eigenvalue weighted by Crippen LogP contribution is -2.61. The van der Waals surface area contributed by atoms with Gasteiger partial charge in [-0.3, -0.25) is 9.80 Å². The van der Waals surface area contributed by atoms with E-state index in [0.717, 1.165) is 36.1 Å². The molecule has 22 heavy (non-hydrogen) atoms. The van der Waals surface area contributed by atoms with E-state index in [1.165, 1.54) is 5.56 Å². The molecule has 120 valence electrons. The zero-order valence-electron chi connectivity index (χ0n) is 12.6. The van der Waals surface area contributed by atoms with Crippen LogP contribution in [0.5, 0.6) is 5.75 Å². The van der Waals surface area contributed by atoms with Crippen LogP contribution in [-0.4, -0.2) is 57.2 Å². The van der Waals surface area contributed by atoms with E-state index < -0.39 is 6.09 Å². The predicted octanol–water partition coefficient (Wildman–Crippen LogP) is 2.83. The number of carbonyl (C=O) groups is 1. The summed E-state index contributed by atoms with van der Waals surface area (Å²) in [5.41, 5.74) is 1.25. The van der Waals surface area contributed by atoms with Gasteiger partial charge in [0.05, 0.1) is 13.2 Å². The Morgan fingerprint density at radius 2 is 2.09 bits per heavy atom. The number of nitrogens with zero attached hydrogens (tertiary/aromatic N) is 2. The molecule has 1 N–H and O–H groups in total. The summed E-state index contributed by atoms with van der Waals surface area (Å²) in [4.78, 5) is 15.7. The number of halogens is 1. The number of amides is 1. The van der Waals surface area contributed by atoms with E-state index in [2.05, 4.69) is 39.6 Å². The average Bonchev–Trinajstić information content (AvgIpc) is 2.84. The summed E-state index contributed by atoms with van der Waals surface area (Å²) in [6.45, 7) is 1.71. The molecular formula is C16H21IN2O3. The van der Waals surface area contributed by atoms with Gasteiger partial charge in [0.25, 0.3) is 0 Å². The van der Waals surface area contributed by atoms with Crippen LogP contribution in [0.4, 0.5) is 4.79 Å². The fourth-order valence-electron chi connectivity index (χ4n) is 3.76. The van der Waals surface area contributed by atoms with Gasteiger partial charge in [-0.15, -0.1) is 0 Å². The molecule has 5 nitrogen and oxygen atoms in total. The molecule has 0 saturated carbocycles. The first-order chi connectivity index (χ1) is 10.6. The number of benzene rings is 1. The molecule has 2 bridgehead atoms. The fourth-order valence-corrected chi connectivity index (χ4v) is 4.91. The Balaban J connectivity index is 1.75. The topological polar surface area (TPSA) is 53.0 Å². The average molecular weight is 416 g/mol. The van der Waals surface area contributed by atoms with E-state index in [0.29, 0.717) is 6.04 Å². The Bertz CT molecular complexity index is 537. The Hall–Kier alpha value is -1.02. The zero-order chi connectivity index (χ0) is 15.7. The third-order valence-electron chi connectivity index (χ3n) is 4.83. The standard InChI is InChI=1S/C16H21IN2O3/c1-22-13-5-2-11(3-6-13)9-18-10-12-4-7-14(15(18)8-17)19(12)16(20)21/h2-3,5-6,12,14-15H,4,7-10H2,1H3,(H,20,21)/t12-,14+,15-/m1/s1. The highest BCUT2D eigenvalue weighted by atomic mass is 127. The number of ether oxygens (including phenoxy) is 1. The van der Waals surface area contributed by atoms with Crippen LogP contribution in [0.1, 0.15) is 18.4 Å². The Morgan fingerprint density at radius 3 is 2.68 bits per heavy atom. The van der Waals surface area contributed by atoms with Gasteiger partial charge < -0.3 is 9.84 Å². The summed E-state index contributed by atoms with van der Waals surface area (Å²) < 4.78 is 6.15. The molecule has 3 rings (SSSR count). The number of piperazine rings is 1. The molecule has 2 aliphatic heterocycles. The number of rotatable bonds is 4. The van der Waals surface area contributed by atoms with E-state index in [1.807, 2.05) is 12.1 Å². The minimum atomic E-state index is -0.758. The molecule has 0 spiro atoms. The Morgan fingerprint density at radius 1 is 1.36 bits per heavy atom. The largest absolute Gasteiger partial charge is 0.497 e. The molecule has 2 saturated heterocycles. The summed E-state index contributed by atoms with van der Waals surface area (Å²) in [5, 5.41) is 9.46. The molecule has 2 heterocycles. The number of alkyl halides is 1. The Labute approximate surface area is 144 Å². The van der Waals surface area contributed by atoms with Crippen molar-refractivity contribution in [1.29, 1.82) is 0 Å². The van der Waals surface area contributed by atoms with Gasteiger partial charge in [-0.05, 0) is 30.5 Å². The minimum absolute atomic E-state index is 0.145. The fraction of sp³-hybridized carbons (Fsp3) is 0.562. The normalized spacial score (nSPS) is 27.9. The van der Waals surface area contributed by atoms with Gasteiger partial charge >= 0.3 is 6.09 Å². The lowest BCUT2D eigenvalue weighted by Gasteiger charge is -2.45. The van der Waals surface area contributed by atoms with Gasteiger partial charge in [0.2, 0.25) is 0 Å². The molecule has 0 radical (unpaired) electrons. The highest BCUT2D eigenvalue weighted by Gasteiger charge is 2.47. The zero-order valence-corrected chi connectivity index (χ0v) is 14.8. The molecule has 1 aromatic carbocycles. The summed E-state index contributed by atoms with van der Waals surface area (Å²) in [5.74, 6) is 0.866. The number of likely N-dealkylation sites (tertiary alicyclic amines) is 1.